The molecule has 0 atom stereocenters. The first kappa shape index (κ1) is 31.0. The monoisotopic (exact) mass is 682 g/mol. The molecule has 53 heavy (non-hydrogen) atoms. The molecule has 10 rings (SSSR count). The summed E-state index contributed by atoms with van der Waals surface area (Å²) >= 11 is 0. The Morgan fingerprint density at radius 3 is 1.77 bits per heavy atom. The van der Waals surface area contributed by atoms with Gasteiger partial charge in [-0.05, 0) is 69.3 Å². The SMILES string of the molecule is CC1(C)c2ccccc2-c2c1ccc1c2Oc2ccc(-c3ccc(-c4nc(-c5ccccc5)cc(-c5cccc(-c6ccccc6)c5)n4)cc3)cc2O1. The Morgan fingerprint density at radius 1 is 0.396 bits per heavy atom. The van der Waals surface area contributed by atoms with Crippen LogP contribution in [-0.2, 0) is 5.41 Å². The van der Waals surface area contributed by atoms with Crippen LogP contribution in [0.15, 0.2) is 170 Å². The summed E-state index contributed by atoms with van der Waals surface area (Å²) in [5, 5.41) is 0. The summed E-state index contributed by atoms with van der Waals surface area (Å²) in [6.45, 7) is 4.55. The Labute approximate surface area is 309 Å². The van der Waals surface area contributed by atoms with Crippen molar-refractivity contribution < 1.29 is 9.47 Å². The van der Waals surface area contributed by atoms with Gasteiger partial charge >= 0.3 is 0 Å². The molecular weight excluding hydrogens is 649 g/mol. The smallest absolute Gasteiger partial charge is 0.178 e. The number of hydrogen-bond donors (Lipinski definition) is 0. The molecule has 0 saturated carbocycles. The molecule has 0 bridgehead atoms. The van der Waals surface area contributed by atoms with Crippen LogP contribution in [0.25, 0.3) is 67.3 Å². The number of rotatable bonds is 5. The molecule has 0 fully saturated rings. The van der Waals surface area contributed by atoms with Gasteiger partial charge in [-0.15, -0.1) is 0 Å². The number of aromatic nitrogens is 2. The molecule has 2 aliphatic rings. The van der Waals surface area contributed by atoms with Gasteiger partial charge in [0.25, 0.3) is 0 Å². The van der Waals surface area contributed by atoms with Gasteiger partial charge in [0.1, 0.15) is 0 Å². The molecule has 2 heterocycles. The maximum Gasteiger partial charge on any atom is 0.178 e. The molecule has 0 amide bonds. The van der Waals surface area contributed by atoms with Crippen molar-refractivity contribution in [2.24, 2.45) is 0 Å². The number of nitrogens with zero attached hydrogens (tertiary/aromatic N) is 2. The predicted octanol–water partition coefficient (Wildman–Crippen LogP) is 13.0. The Balaban J connectivity index is 0.978. The first-order chi connectivity index (χ1) is 26.0. The maximum absolute atomic E-state index is 6.62. The van der Waals surface area contributed by atoms with Crippen LogP contribution in [0.4, 0.5) is 0 Å². The van der Waals surface area contributed by atoms with Crippen molar-refractivity contribution >= 4 is 0 Å². The van der Waals surface area contributed by atoms with Gasteiger partial charge in [0.2, 0.25) is 0 Å². The lowest BCUT2D eigenvalue weighted by molar-refractivity contribution is 0.360. The van der Waals surface area contributed by atoms with Crippen molar-refractivity contribution in [3.8, 4) is 90.3 Å². The molecule has 8 aromatic rings. The number of benzene rings is 7. The highest BCUT2D eigenvalue weighted by atomic mass is 16.6. The molecule has 1 aliphatic carbocycles. The van der Waals surface area contributed by atoms with Crippen molar-refractivity contribution in [3.05, 3.63) is 181 Å². The lowest BCUT2D eigenvalue weighted by Crippen LogP contribution is -2.15. The fourth-order valence-electron chi connectivity index (χ4n) is 7.79. The van der Waals surface area contributed by atoms with Crippen molar-refractivity contribution in [2.45, 2.75) is 19.3 Å². The van der Waals surface area contributed by atoms with Crippen LogP contribution >= 0.6 is 0 Å². The van der Waals surface area contributed by atoms with Gasteiger partial charge < -0.3 is 9.47 Å². The number of ether oxygens (including phenoxy) is 2. The van der Waals surface area contributed by atoms with Gasteiger partial charge in [-0.1, -0.05) is 153 Å². The third-order valence-electron chi connectivity index (χ3n) is 10.6. The zero-order valence-electron chi connectivity index (χ0n) is 29.4. The second-order valence-corrected chi connectivity index (χ2v) is 14.2. The summed E-state index contributed by atoms with van der Waals surface area (Å²) in [4.78, 5) is 10.2. The fourth-order valence-corrected chi connectivity index (χ4v) is 7.79. The molecule has 0 saturated heterocycles. The van der Waals surface area contributed by atoms with Gasteiger partial charge in [-0.3, -0.25) is 0 Å². The van der Waals surface area contributed by atoms with E-state index in [-0.39, 0.29) is 5.41 Å². The Hall–Kier alpha value is -6.78. The zero-order valence-corrected chi connectivity index (χ0v) is 29.4. The van der Waals surface area contributed by atoms with Crippen LogP contribution in [-0.4, -0.2) is 9.97 Å². The second-order valence-electron chi connectivity index (χ2n) is 14.2. The lowest BCUT2D eigenvalue weighted by Gasteiger charge is -2.25. The molecule has 1 aromatic heterocycles. The van der Waals surface area contributed by atoms with Gasteiger partial charge in [0, 0.05) is 27.7 Å². The average Bonchev–Trinajstić information content (AvgIpc) is 3.46. The second kappa shape index (κ2) is 12.2. The molecule has 0 unspecified atom stereocenters. The predicted molar refractivity (Wildman–Crippen MR) is 213 cm³/mol. The third-order valence-corrected chi connectivity index (χ3v) is 10.6. The Bertz CT molecular complexity index is 2680. The first-order valence-corrected chi connectivity index (χ1v) is 18.0. The summed E-state index contributed by atoms with van der Waals surface area (Å²) in [5.41, 5.74) is 14.0. The molecule has 4 nitrogen and oxygen atoms in total. The van der Waals surface area contributed by atoms with E-state index in [2.05, 4.69) is 147 Å². The van der Waals surface area contributed by atoms with E-state index < -0.39 is 0 Å². The minimum absolute atomic E-state index is 0.108. The van der Waals surface area contributed by atoms with Crippen LogP contribution in [0.1, 0.15) is 25.0 Å². The fraction of sp³-hybridized carbons (Fsp3) is 0.0612. The largest absolute Gasteiger partial charge is 0.449 e. The van der Waals surface area contributed by atoms with Crippen molar-refractivity contribution in [1.82, 2.24) is 9.97 Å². The molecule has 0 radical (unpaired) electrons. The molecule has 7 aromatic carbocycles. The highest BCUT2D eigenvalue weighted by Crippen LogP contribution is 2.58. The summed E-state index contributed by atoms with van der Waals surface area (Å²) in [6.07, 6.45) is 0. The first-order valence-electron chi connectivity index (χ1n) is 18.0. The summed E-state index contributed by atoms with van der Waals surface area (Å²) in [5.74, 6) is 3.61. The van der Waals surface area contributed by atoms with E-state index in [9.17, 15) is 0 Å². The summed E-state index contributed by atoms with van der Waals surface area (Å²) < 4.78 is 13.2. The van der Waals surface area contributed by atoms with Gasteiger partial charge in [0.15, 0.2) is 28.8 Å². The maximum atomic E-state index is 6.62. The standard InChI is InChI=1S/C49H34N2O2/c1-49(2)39-19-10-9-18-38(39)46-40(49)25-27-44-47(46)53-43-26-24-36(29-45(43)52-44)32-20-22-34(23-21-32)48-50-41(33-14-7-4-8-15-33)30-42(51-48)37-17-11-16-35(28-37)31-12-5-3-6-13-31/h3-30H,1-2H3. The highest BCUT2D eigenvalue weighted by Gasteiger charge is 2.39. The highest BCUT2D eigenvalue weighted by molar-refractivity contribution is 5.88. The summed E-state index contributed by atoms with van der Waals surface area (Å²) in [6, 6.07) is 58.8. The Morgan fingerprint density at radius 2 is 0.981 bits per heavy atom. The van der Waals surface area contributed by atoms with Crippen LogP contribution in [0.3, 0.4) is 0 Å². The van der Waals surface area contributed by atoms with E-state index >= 15 is 0 Å². The van der Waals surface area contributed by atoms with Crippen molar-refractivity contribution in [1.29, 1.82) is 0 Å². The van der Waals surface area contributed by atoms with E-state index in [1.807, 2.05) is 36.4 Å². The molecular formula is C49H34N2O2. The van der Waals surface area contributed by atoms with Gasteiger partial charge in [0.05, 0.1) is 11.4 Å². The van der Waals surface area contributed by atoms with Crippen molar-refractivity contribution in [2.75, 3.05) is 0 Å². The zero-order chi connectivity index (χ0) is 35.5. The Kier molecular flexibility index (Phi) is 7.12. The number of hydrogen-bond acceptors (Lipinski definition) is 4. The molecule has 1 aliphatic heterocycles. The van der Waals surface area contributed by atoms with E-state index in [1.54, 1.807) is 0 Å². The van der Waals surface area contributed by atoms with E-state index in [0.29, 0.717) is 17.3 Å². The van der Waals surface area contributed by atoms with Crippen LogP contribution < -0.4 is 9.47 Å². The molecule has 4 heteroatoms. The molecule has 0 N–H and O–H groups in total. The minimum atomic E-state index is -0.108. The normalized spacial score (nSPS) is 13.2. The summed E-state index contributed by atoms with van der Waals surface area (Å²) in [7, 11) is 0. The van der Waals surface area contributed by atoms with E-state index in [0.717, 1.165) is 61.8 Å². The van der Waals surface area contributed by atoms with Crippen LogP contribution in [0, 0.1) is 0 Å². The quantitative estimate of drug-likeness (QED) is 0.181. The number of fused-ring (bicyclic) bond motifs is 6. The lowest BCUT2D eigenvalue weighted by atomic mass is 9.82. The van der Waals surface area contributed by atoms with Crippen molar-refractivity contribution in [3.63, 3.8) is 0 Å². The van der Waals surface area contributed by atoms with Gasteiger partial charge in [-0.25, -0.2) is 9.97 Å². The van der Waals surface area contributed by atoms with E-state index in [1.165, 1.54) is 22.3 Å². The molecule has 0 spiro atoms. The molecule has 252 valence electrons. The minimum Gasteiger partial charge on any atom is -0.449 e. The third kappa shape index (κ3) is 5.30. The average molecular weight is 683 g/mol. The topological polar surface area (TPSA) is 44.2 Å². The van der Waals surface area contributed by atoms with Gasteiger partial charge in [-0.2, -0.15) is 0 Å². The van der Waals surface area contributed by atoms with Crippen LogP contribution in [0.2, 0.25) is 0 Å². The van der Waals surface area contributed by atoms with Crippen LogP contribution in [0.5, 0.6) is 23.0 Å². The van der Waals surface area contributed by atoms with E-state index in [4.69, 9.17) is 19.4 Å².